The molecule has 1 saturated heterocycles. The quantitative estimate of drug-likeness (QED) is 0.781. The van der Waals surface area contributed by atoms with E-state index in [1.807, 2.05) is 29.5 Å². The smallest absolute Gasteiger partial charge is 0.254 e. The number of hydrogen-bond acceptors (Lipinski definition) is 3. The number of rotatable bonds is 1. The third-order valence-electron chi connectivity index (χ3n) is 2.93. The summed E-state index contributed by atoms with van der Waals surface area (Å²) in [7, 11) is 0. The Morgan fingerprint density at radius 3 is 3.06 bits per heavy atom. The van der Waals surface area contributed by atoms with E-state index in [0.717, 1.165) is 9.99 Å². The van der Waals surface area contributed by atoms with Gasteiger partial charge in [0.15, 0.2) is 0 Å². The molecule has 2 rings (SSSR count). The van der Waals surface area contributed by atoms with E-state index in [4.69, 9.17) is 4.74 Å². The van der Waals surface area contributed by atoms with Crippen molar-refractivity contribution < 1.29 is 14.6 Å². The largest absolute Gasteiger partial charge is 0.507 e. The maximum atomic E-state index is 12.3. The summed E-state index contributed by atoms with van der Waals surface area (Å²) in [5, 5.41) is 9.65. The van der Waals surface area contributed by atoms with Gasteiger partial charge in [0, 0.05) is 25.3 Å². The van der Waals surface area contributed by atoms with E-state index in [0.29, 0.717) is 25.3 Å². The fraction of sp³-hybridized carbons (Fsp3) is 0.462. The second-order valence-electron chi connectivity index (χ2n) is 4.45. The van der Waals surface area contributed by atoms with E-state index in [9.17, 15) is 9.90 Å². The SMILES string of the molecule is CC1CN(C(=O)c2ccc(I)c(O)c2)CCCO1. The van der Waals surface area contributed by atoms with Gasteiger partial charge in [-0.05, 0) is 54.1 Å². The number of ether oxygens (including phenoxy) is 1. The van der Waals surface area contributed by atoms with Gasteiger partial charge in [-0.15, -0.1) is 0 Å². The van der Waals surface area contributed by atoms with Crippen molar-refractivity contribution in [1.82, 2.24) is 4.90 Å². The predicted octanol–water partition coefficient (Wildman–Crippen LogP) is 2.25. The number of phenols is 1. The molecule has 4 nitrogen and oxygen atoms in total. The van der Waals surface area contributed by atoms with Crippen LogP contribution in [0.5, 0.6) is 5.75 Å². The molecule has 1 aromatic carbocycles. The van der Waals surface area contributed by atoms with Crippen molar-refractivity contribution in [1.29, 1.82) is 0 Å². The van der Waals surface area contributed by atoms with Crippen LogP contribution in [0.1, 0.15) is 23.7 Å². The van der Waals surface area contributed by atoms with Gasteiger partial charge in [0.05, 0.1) is 9.67 Å². The van der Waals surface area contributed by atoms with Crippen molar-refractivity contribution in [2.75, 3.05) is 19.7 Å². The average Bonchev–Trinajstić information content (AvgIpc) is 2.56. The number of hydrogen-bond donors (Lipinski definition) is 1. The topological polar surface area (TPSA) is 49.8 Å². The van der Waals surface area contributed by atoms with Crippen LogP contribution < -0.4 is 0 Å². The third kappa shape index (κ3) is 3.14. The summed E-state index contributed by atoms with van der Waals surface area (Å²) in [4.78, 5) is 14.1. The summed E-state index contributed by atoms with van der Waals surface area (Å²) < 4.78 is 6.26. The van der Waals surface area contributed by atoms with Crippen molar-refractivity contribution in [3.8, 4) is 5.75 Å². The molecule has 0 aromatic heterocycles. The van der Waals surface area contributed by atoms with E-state index < -0.39 is 0 Å². The molecular formula is C13H16INO3. The summed E-state index contributed by atoms with van der Waals surface area (Å²) in [5.41, 5.74) is 0.530. The van der Waals surface area contributed by atoms with E-state index in [-0.39, 0.29) is 17.8 Å². The number of carbonyl (C=O) groups excluding carboxylic acids is 1. The molecule has 5 heteroatoms. The molecule has 0 spiro atoms. The minimum absolute atomic E-state index is 0.0425. The Morgan fingerprint density at radius 2 is 2.33 bits per heavy atom. The van der Waals surface area contributed by atoms with Crippen molar-refractivity contribution in [3.63, 3.8) is 0 Å². The number of carbonyl (C=O) groups is 1. The lowest BCUT2D eigenvalue weighted by Gasteiger charge is -2.22. The molecule has 1 heterocycles. The third-order valence-corrected chi connectivity index (χ3v) is 3.84. The van der Waals surface area contributed by atoms with Gasteiger partial charge >= 0.3 is 0 Å². The average molecular weight is 361 g/mol. The first-order valence-corrected chi connectivity index (χ1v) is 7.05. The summed E-state index contributed by atoms with van der Waals surface area (Å²) in [6.07, 6.45) is 0.917. The zero-order chi connectivity index (χ0) is 13.1. The van der Waals surface area contributed by atoms with Crippen LogP contribution >= 0.6 is 22.6 Å². The van der Waals surface area contributed by atoms with Gasteiger partial charge in [-0.1, -0.05) is 0 Å². The molecule has 98 valence electrons. The van der Waals surface area contributed by atoms with Gasteiger partial charge in [0.2, 0.25) is 0 Å². The maximum absolute atomic E-state index is 12.3. The van der Waals surface area contributed by atoms with Gasteiger partial charge in [0.1, 0.15) is 5.75 Å². The number of benzene rings is 1. The molecule has 1 amide bonds. The minimum atomic E-state index is -0.0425. The summed E-state index contributed by atoms with van der Waals surface area (Å²) >= 11 is 2.03. The Bertz CT molecular complexity index is 450. The van der Waals surface area contributed by atoms with Crippen LogP contribution in [0.25, 0.3) is 0 Å². The van der Waals surface area contributed by atoms with Crippen LogP contribution in [0.4, 0.5) is 0 Å². The minimum Gasteiger partial charge on any atom is -0.507 e. The highest BCUT2D eigenvalue weighted by Crippen LogP contribution is 2.21. The molecule has 1 unspecified atom stereocenters. The Hall–Kier alpha value is -0.820. The normalized spacial score (nSPS) is 20.6. The molecule has 1 aliphatic heterocycles. The highest BCUT2D eigenvalue weighted by Gasteiger charge is 2.21. The second kappa shape index (κ2) is 5.88. The van der Waals surface area contributed by atoms with Gasteiger partial charge in [-0.3, -0.25) is 4.79 Å². The Kier molecular flexibility index (Phi) is 4.45. The first-order chi connectivity index (χ1) is 8.58. The summed E-state index contributed by atoms with van der Waals surface area (Å²) in [6.45, 7) is 3.97. The van der Waals surface area contributed by atoms with Gasteiger partial charge in [0.25, 0.3) is 5.91 Å². The molecule has 1 aliphatic rings. The lowest BCUT2D eigenvalue weighted by molar-refractivity contribution is 0.0562. The van der Waals surface area contributed by atoms with E-state index in [2.05, 4.69) is 0 Å². The van der Waals surface area contributed by atoms with Crippen LogP contribution in [0.3, 0.4) is 0 Å². The van der Waals surface area contributed by atoms with Crippen LogP contribution in [-0.2, 0) is 4.74 Å². The molecule has 0 saturated carbocycles. The summed E-state index contributed by atoms with van der Waals surface area (Å²) in [6, 6.07) is 5.03. The molecule has 1 atom stereocenters. The van der Waals surface area contributed by atoms with Gasteiger partial charge in [-0.2, -0.15) is 0 Å². The van der Waals surface area contributed by atoms with Crippen LogP contribution in [0.15, 0.2) is 18.2 Å². The number of phenolic OH excluding ortho intramolecular Hbond substituents is 1. The van der Waals surface area contributed by atoms with E-state index in [1.165, 1.54) is 6.07 Å². The number of aromatic hydroxyl groups is 1. The van der Waals surface area contributed by atoms with Crippen molar-refractivity contribution in [3.05, 3.63) is 27.3 Å². The summed E-state index contributed by atoms with van der Waals surface area (Å²) in [5.74, 6) is 0.111. The van der Waals surface area contributed by atoms with Gasteiger partial charge in [-0.25, -0.2) is 0 Å². The maximum Gasteiger partial charge on any atom is 0.254 e. The molecule has 0 aliphatic carbocycles. The molecule has 18 heavy (non-hydrogen) atoms. The van der Waals surface area contributed by atoms with Crippen LogP contribution in [-0.4, -0.2) is 41.7 Å². The van der Waals surface area contributed by atoms with Crippen molar-refractivity contribution in [2.45, 2.75) is 19.4 Å². The molecular weight excluding hydrogens is 345 g/mol. The Labute approximate surface area is 120 Å². The zero-order valence-corrected chi connectivity index (χ0v) is 12.4. The molecule has 1 fully saturated rings. The molecule has 0 radical (unpaired) electrons. The molecule has 0 bridgehead atoms. The molecule has 1 N–H and O–H groups in total. The number of nitrogens with zero attached hydrogens (tertiary/aromatic N) is 1. The standard InChI is InChI=1S/C13H16INO3/c1-9-8-15(5-2-6-18-9)13(17)10-3-4-11(14)12(16)7-10/h3-4,7,9,16H,2,5-6,8H2,1H3. The van der Waals surface area contributed by atoms with Crippen molar-refractivity contribution in [2.24, 2.45) is 0 Å². The fourth-order valence-corrected chi connectivity index (χ4v) is 2.34. The number of halogens is 1. The van der Waals surface area contributed by atoms with Crippen LogP contribution in [0.2, 0.25) is 0 Å². The first-order valence-electron chi connectivity index (χ1n) is 5.97. The fourth-order valence-electron chi connectivity index (χ4n) is 2.01. The monoisotopic (exact) mass is 361 g/mol. The number of amides is 1. The lowest BCUT2D eigenvalue weighted by Crippen LogP contribution is -2.35. The highest BCUT2D eigenvalue weighted by molar-refractivity contribution is 14.1. The highest BCUT2D eigenvalue weighted by atomic mass is 127. The van der Waals surface area contributed by atoms with Crippen molar-refractivity contribution >= 4 is 28.5 Å². The Balaban J connectivity index is 2.16. The second-order valence-corrected chi connectivity index (χ2v) is 5.61. The predicted molar refractivity (Wildman–Crippen MR) is 76.8 cm³/mol. The zero-order valence-electron chi connectivity index (χ0n) is 10.2. The first kappa shape index (κ1) is 13.6. The Morgan fingerprint density at radius 1 is 1.56 bits per heavy atom. The molecule has 1 aromatic rings. The van der Waals surface area contributed by atoms with Crippen LogP contribution in [0, 0.1) is 3.57 Å². The van der Waals surface area contributed by atoms with Gasteiger partial charge < -0.3 is 14.7 Å². The lowest BCUT2D eigenvalue weighted by atomic mass is 10.1. The van der Waals surface area contributed by atoms with E-state index >= 15 is 0 Å². The van der Waals surface area contributed by atoms with E-state index in [1.54, 1.807) is 17.0 Å².